The molecule has 154 valence electrons. The summed E-state index contributed by atoms with van der Waals surface area (Å²) in [6.45, 7) is 3.13. The highest BCUT2D eigenvalue weighted by atomic mass is 35.5. The third-order valence-corrected chi connectivity index (χ3v) is 5.55. The number of imide groups is 1. The summed E-state index contributed by atoms with van der Waals surface area (Å²) in [6.07, 6.45) is 0.106. The molecule has 8 heteroatoms. The maximum atomic E-state index is 13.1. The van der Waals surface area contributed by atoms with Crippen molar-refractivity contribution in [2.45, 2.75) is 25.8 Å². The molecule has 2 aromatic rings. The van der Waals surface area contributed by atoms with Crippen molar-refractivity contribution >= 4 is 35.1 Å². The van der Waals surface area contributed by atoms with Crippen LogP contribution in [0.2, 0.25) is 5.02 Å². The standard InChI is InChI=1S/C22H21ClN4O3/c1-15-13-17(9-10-18(15)23)26(12-6-11-24)19(28)14-27-20(29)22(2,25-21(27)30)16-7-4-3-5-8-16/h3-5,7-10,13H,6,12,14H2,1-2H3,(H,25,30). The molecule has 7 nitrogen and oxygen atoms in total. The molecule has 0 spiro atoms. The van der Waals surface area contributed by atoms with Crippen LogP contribution in [-0.2, 0) is 15.1 Å². The van der Waals surface area contributed by atoms with Crippen LogP contribution < -0.4 is 10.2 Å². The van der Waals surface area contributed by atoms with Crippen molar-refractivity contribution in [3.8, 4) is 6.07 Å². The van der Waals surface area contributed by atoms with Crippen molar-refractivity contribution < 1.29 is 14.4 Å². The Labute approximate surface area is 179 Å². The zero-order chi connectivity index (χ0) is 21.9. The first-order chi connectivity index (χ1) is 14.3. The average Bonchev–Trinajstić information content (AvgIpc) is 2.95. The molecule has 3 rings (SSSR count). The van der Waals surface area contributed by atoms with E-state index in [4.69, 9.17) is 16.9 Å². The van der Waals surface area contributed by atoms with Gasteiger partial charge in [-0.25, -0.2) is 4.79 Å². The van der Waals surface area contributed by atoms with Gasteiger partial charge in [0.05, 0.1) is 12.5 Å². The van der Waals surface area contributed by atoms with E-state index in [1.165, 1.54) is 4.90 Å². The molecule has 1 aliphatic heterocycles. The van der Waals surface area contributed by atoms with Gasteiger partial charge < -0.3 is 10.2 Å². The summed E-state index contributed by atoms with van der Waals surface area (Å²) in [6, 6.07) is 15.3. The number of hydrogen-bond acceptors (Lipinski definition) is 4. The first kappa shape index (κ1) is 21.3. The highest BCUT2D eigenvalue weighted by Gasteiger charge is 2.49. The lowest BCUT2D eigenvalue weighted by atomic mass is 9.92. The van der Waals surface area contributed by atoms with Gasteiger partial charge in [-0.1, -0.05) is 41.9 Å². The highest BCUT2D eigenvalue weighted by molar-refractivity contribution is 6.31. The van der Waals surface area contributed by atoms with Gasteiger partial charge in [0.25, 0.3) is 5.91 Å². The van der Waals surface area contributed by atoms with Crippen molar-refractivity contribution in [1.29, 1.82) is 5.26 Å². The van der Waals surface area contributed by atoms with Crippen molar-refractivity contribution in [2.24, 2.45) is 0 Å². The molecule has 0 saturated carbocycles. The molecule has 1 N–H and O–H groups in total. The molecule has 1 atom stereocenters. The van der Waals surface area contributed by atoms with Crippen LogP contribution in [0.3, 0.4) is 0 Å². The predicted octanol–water partition coefficient (Wildman–Crippen LogP) is 3.36. The number of anilines is 1. The van der Waals surface area contributed by atoms with E-state index in [-0.39, 0.29) is 13.0 Å². The van der Waals surface area contributed by atoms with E-state index in [0.29, 0.717) is 16.3 Å². The lowest BCUT2D eigenvalue weighted by molar-refractivity contribution is -0.134. The molecule has 1 unspecified atom stereocenters. The minimum absolute atomic E-state index is 0.106. The molecule has 0 bridgehead atoms. The van der Waals surface area contributed by atoms with Gasteiger partial charge in [0.15, 0.2) is 0 Å². The number of amides is 4. The Morgan fingerprint density at radius 1 is 1.23 bits per heavy atom. The van der Waals surface area contributed by atoms with Crippen molar-refractivity contribution in [1.82, 2.24) is 10.2 Å². The van der Waals surface area contributed by atoms with Crippen molar-refractivity contribution in [3.05, 3.63) is 64.7 Å². The molecule has 4 amide bonds. The molecule has 1 fully saturated rings. The maximum absolute atomic E-state index is 13.1. The van der Waals surface area contributed by atoms with E-state index < -0.39 is 29.9 Å². The summed E-state index contributed by atoms with van der Waals surface area (Å²) < 4.78 is 0. The highest BCUT2D eigenvalue weighted by Crippen LogP contribution is 2.29. The normalized spacial score (nSPS) is 18.1. The summed E-state index contributed by atoms with van der Waals surface area (Å²) in [7, 11) is 0. The number of urea groups is 1. The van der Waals surface area contributed by atoms with Gasteiger partial charge in [0, 0.05) is 17.3 Å². The molecular formula is C22H21ClN4O3. The molecular weight excluding hydrogens is 404 g/mol. The second-order valence-corrected chi connectivity index (χ2v) is 7.61. The number of nitriles is 1. The monoisotopic (exact) mass is 424 g/mol. The second kappa shape index (κ2) is 8.56. The number of hydrogen-bond donors (Lipinski definition) is 1. The maximum Gasteiger partial charge on any atom is 0.325 e. The molecule has 0 radical (unpaired) electrons. The molecule has 1 heterocycles. The third kappa shape index (κ3) is 4.00. The van der Waals surface area contributed by atoms with E-state index in [2.05, 4.69) is 5.32 Å². The van der Waals surface area contributed by atoms with E-state index in [0.717, 1.165) is 10.5 Å². The molecule has 0 aromatic heterocycles. The van der Waals surface area contributed by atoms with Crippen LogP contribution in [0.15, 0.2) is 48.5 Å². The van der Waals surface area contributed by atoms with Crippen LogP contribution in [0.25, 0.3) is 0 Å². The number of carbonyl (C=O) groups is 3. The summed E-state index contributed by atoms with van der Waals surface area (Å²) in [4.78, 5) is 40.9. The van der Waals surface area contributed by atoms with Gasteiger partial charge in [0.2, 0.25) is 5.91 Å². The first-order valence-electron chi connectivity index (χ1n) is 9.41. The SMILES string of the molecule is Cc1cc(N(CCC#N)C(=O)CN2C(=O)NC(C)(c3ccccc3)C2=O)ccc1Cl. The van der Waals surface area contributed by atoms with Crippen LogP contribution in [0.5, 0.6) is 0 Å². The summed E-state index contributed by atoms with van der Waals surface area (Å²) in [5, 5.41) is 12.2. The Bertz CT molecular complexity index is 1030. The van der Waals surface area contributed by atoms with Gasteiger partial charge in [-0.15, -0.1) is 0 Å². The third-order valence-electron chi connectivity index (χ3n) is 5.12. The van der Waals surface area contributed by atoms with Crippen LogP contribution in [0.1, 0.15) is 24.5 Å². The quantitative estimate of drug-likeness (QED) is 0.719. The number of halogens is 1. The fourth-order valence-corrected chi connectivity index (χ4v) is 3.50. The van der Waals surface area contributed by atoms with Gasteiger partial charge in [-0.3, -0.25) is 14.5 Å². The van der Waals surface area contributed by atoms with E-state index in [9.17, 15) is 14.4 Å². The van der Waals surface area contributed by atoms with Crippen molar-refractivity contribution in [2.75, 3.05) is 18.0 Å². The van der Waals surface area contributed by atoms with Gasteiger partial charge in [-0.2, -0.15) is 5.26 Å². The number of carbonyl (C=O) groups excluding carboxylic acids is 3. The number of aryl methyl sites for hydroxylation is 1. The Morgan fingerprint density at radius 3 is 2.57 bits per heavy atom. The number of rotatable bonds is 6. The Morgan fingerprint density at radius 2 is 1.93 bits per heavy atom. The fourth-order valence-electron chi connectivity index (χ4n) is 3.38. The molecule has 30 heavy (non-hydrogen) atoms. The lowest BCUT2D eigenvalue weighted by Gasteiger charge is -2.25. The van der Waals surface area contributed by atoms with Gasteiger partial charge in [0.1, 0.15) is 12.1 Å². The Balaban J connectivity index is 1.84. The summed E-state index contributed by atoms with van der Waals surface area (Å²) >= 11 is 6.07. The Kier molecular flexibility index (Phi) is 6.09. The minimum Gasteiger partial charge on any atom is -0.319 e. The van der Waals surface area contributed by atoms with Crippen LogP contribution in [0, 0.1) is 18.3 Å². The molecule has 1 aliphatic rings. The smallest absolute Gasteiger partial charge is 0.319 e. The summed E-state index contributed by atoms with van der Waals surface area (Å²) in [5.41, 5.74) is 0.714. The van der Waals surface area contributed by atoms with Gasteiger partial charge in [-0.05, 0) is 43.2 Å². The topological polar surface area (TPSA) is 93.5 Å². The molecule has 2 aromatic carbocycles. The fraction of sp³-hybridized carbons (Fsp3) is 0.273. The van der Waals surface area contributed by atoms with Crippen LogP contribution in [0.4, 0.5) is 10.5 Å². The molecule has 1 saturated heterocycles. The average molecular weight is 425 g/mol. The van der Waals surface area contributed by atoms with Crippen molar-refractivity contribution in [3.63, 3.8) is 0 Å². The van der Waals surface area contributed by atoms with Crippen LogP contribution in [-0.4, -0.2) is 35.8 Å². The number of benzene rings is 2. The zero-order valence-corrected chi connectivity index (χ0v) is 17.4. The van der Waals surface area contributed by atoms with E-state index >= 15 is 0 Å². The number of nitrogens with zero attached hydrogens (tertiary/aromatic N) is 3. The van der Waals surface area contributed by atoms with E-state index in [1.807, 2.05) is 19.1 Å². The van der Waals surface area contributed by atoms with Crippen LogP contribution >= 0.6 is 11.6 Å². The second-order valence-electron chi connectivity index (χ2n) is 7.20. The van der Waals surface area contributed by atoms with E-state index in [1.54, 1.807) is 49.4 Å². The lowest BCUT2D eigenvalue weighted by Crippen LogP contribution is -2.45. The zero-order valence-electron chi connectivity index (χ0n) is 16.7. The predicted molar refractivity (Wildman–Crippen MR) is 113 cm³/mol. The Hall–Kier alpha value is -3.37. The largest absolute Gasteiger partial charge is 0.325 e. The minimum atomic E-state index is -1.24. The summed E-state index contributed by atoms with van der Waals surface area (Å²) in [5.74, 6) is -0.965. The van der Waals surface area contributed by atoms with Gasteiger partial charge >= 0.3 is 6.03 Å². The first-order valence-corrected chi connectivity index (χ1v) is 9.79. The number of nitrogens with one attached hydrogen (secondary N) is 1. The molecule has 0 aliphatic carbocycles.